The maximum atomic E-state index is 8.63. The van der Waals surface area contributed by atoms with Crippen molar-refractivity contribution in [2.24, 2.45) is 0 Å². The van der Waals surface area contributed by atoms with Crippen LogP contribution < -0.4 is 0 Å². The van der Waals surface area contributed by atoms with Gasteiger partial charge in [-0.25, -0.2) is 0 Å². The van der Waals surface area contributed by atoms with E-state index in [-0.39, 0.29) is 0 Å². The summed E-state index contributed by atoms with van der Waals surface area (Å²) >= 11 is 0. The second-order valence-corrected chi connectivity index (χ2v) is 4.97. The Morgan fingerprint density at radius 3 is 1.75 bits per heavy atom. The van der Waals surface area contributed by atoms with Crippen molar-refractivity contribution in [1.29, 1.82) is 0 Å². The summed E-state index contributed by atoms with van der Waals surface area (Å²) in [6, 6.07) is 0. The molecule has 16 heavy (non-hydrogen) atoms. The van der Waals surface area contributed by atoms with Gasteiger partial charge in [-0.05, 0) is 6.42 Å². The van der Waals surface area contributed by atoms with E-state index >= 15 is 0 Å². The Hall–Kier alpha value is 0.739. The molecule has 0 saturated heterocycles. The first-order chi connectivity index (χ1) is 7.91. The molecule has 1 N–H and O–H groups in total. The Morgan fingerprint density at radius 1 is 0.750 bits per heavy atom. The number of rotatable bonds is 13. The van der Waals surface area contributed by atoms with Gasteiger partial charge in [-0.3, -0.25) is 0 Å². The van der Waals surface area contributed by atoms with Crippen LogP contribution >= 0.6 is 0 Å². The maximum Gasteiger partial charge on any atom is 0.0777 e. The van der Waals surface area contributed by atoms with E-state index in [1.165, 1.54) is 84.1 Å². The number of aliphatic hydroxyl groups is 1. The lowest BCUT2D eigenvalue weighted by atomic mass is 8.87. The van der Waals surface area contributed by atoms with E-state index in [4.69, 9.17) is 5.11 Å². The van der Waals surface area contributed by atoms with Gasteiger partial charge >= 0.3 is 0 Å². The molecule has 0 aliphatic heterocycles. The van der Waals surface area contributed by atoms with Crippen LogP contribution in [0.1, 0.15) is 6.42 Å². The van der Waals surface area contributed by atoms with E-state index in [1.54, 1.807) is 0 Å². The van der Waals surface area contributed by atoms with E-state index in [1.807, 2.05) is 0 Å². The molecule has 0 amide bonds. The molecule has 0 fully saturated rings. The molecule has 0 rings (SSSR count). The highest BCUT2D eigenvalue weighted by molar-refractivity contribution is 7.71. The van der Waals surface area contributed by atoms with E-state index in [0.29, 0.717) is 6.61 Å². The zero-order chi connectivity index (χ0) is 11.9. The van der Waals surface area contributed by atoms with Gasteiger partial charge in [-0.1, -0.05) is 6.32 Å². The molecule has 0 aliphatic carbocycles. The first-order valence-corrected chi connectivity index (χ1v) is 7.52. The Labute approximate surface area is 110 Å². The molecular formula is C3H20B12O. The second kappa shape index (κ2) is 15.7. The highest BCUT2D eigenvalue weighted by Crippen LogP contribution is 1.83. The smallest absolute Gasteiger partial charge is 0.0777 e. The number of hydrogen-bond donors (Lipinski definition) is 1. The predicted molar refractivity (Wildman–Crippen MR) is 104 cm³/mol. The molecule has 0 bridgehead atoms. The summed E-state index contributed by atoms with van der Waals surface area (Å²) in [5, 5.41) is 8.63. The van der Waals surface area contributed by atoms with Crippen molar-refractivity contribution < 1.29 is 5.11 Å². The average molecular weight is 202 g/mol. The van der Waals surface area contributed by atoms with Crippen LogP contribution in [0, 0.1) is 0 Å². The highest BCUT2D eigenvalue weighted by Gasteiger charge is 2.01. The lowest BCUT2D eigenvalue weighted by molar-refractivity contribution is 0.295. The van der Waals surface area contributed by atoms with Crippen LogP contribution in [-0.4, -0.2) is 97.2 Å². The summed E-state index contributed by atoms with van der Waals surface area (Å²) in [6.45, 7) is 0.373. The minimum atomic E-state index is 0.373. The molecular weight excluding hydrogens is 182 g/mol. The monoisotopic (exact) mass is 204 g/mol. The molecule has 0 aliphatic rings. The standard InChI is InChI=1S/C3H20B12O/c4-6-8-10-12-14-15-13-11-9-7-5-2-1-3-16/h5-16H,1-4H2. The summed E-state index contributed by atoms with van der Waals surface area (Å²) in [7, 11) is 17.8. The third-order valence-electron chi connectivity index (χ3n) is 3.26. The summed E-state index contributed by atoms with van der Waals surface area (Å²) in [5.41, 5.74) is 0. The van der Waals surface area contributed by atoms with Gasteiger partial charge in [0.2, 0.25) is 0 Å². The van der Waals surface area contributed by atoms with Crippen LogP contribution in [-0.2, 0) is 0 Å². The molecule has 0 spiro atoms. The third-order valence-corrected chi connectivity index (χ3v) is 3.26. The number of hydrogen-bond acceptors (Lipinski definition) is 1. The lowest BCUT2D eigenvalue weighted by Crippen LogP contribution is -2.33. The molecule has 13 heteroatoms. The Kier molecular flexibility index (Phi) is 16.5. The van der Waals surface area contributed by atoms with Gasteiger partial charge in [0.1, 0.15) is 0 Å². The van der Waals surface area contributed by atoms with Gasteiger partial charge in [0, 0.05) is 77.2 Å². The molecule has 0 aromatic carbocycles. The van der Waals surface area contributed by atoms with Crippen LogP contribution in [0.15, 0.2) is 0 Å². The van der Waals surface area contributed by atoms with Gasteiger partial charge in [-0.15, -0.1) is 0 Å². The second-order valence-electron chi connectivity index (χ2n) is 4.97. The van der Waals surface area contributed by atoms with Gasteiger partial charge in [0.05, 0.1) is 14.9 Å². The molecule has 0 atom stereocenters. The largest absolute Gasteiger partial charge is 0.396 e. The van der Waals surface area contributed by atoms with Crippen LogP contribution in [0.2, 0.25) is 6.32 Å². The summed E-state index contributed by atoms with van der Waals surface area (Å²) in [6.07, 6.45) is 2.21. The van der Waals surface area contributed by atoms with Crippen molar-refractivity contribution in [3.8, 4) is 0 Å². The van der Waals surface area contributed by atoms with Crippen molar-refractivity contribution in [2.75, 3.05) is 6.61 Å². The van der Waals surface area contributed by atoms with Crippen molar-refractivity contribution in [3.63, 3.8) is 0 Å². The topological polar surface area (TPSA) is 20.2 Å². The van der Waals surface area contributed by atoms with E-state index in [2.05, 4.69) is 7.74 Å². The minimum Gasteiger partial charge on any atom is -0.396 e. The fraction of sp³-hybridized carbons (Fsp3) is 1.00. The Balaban J connectivity index is 2.83. The van der Waals surface area contributed by atoms with Gasteiger partial charge in [0.15, 0.2) is 0 Å². The first kappa shape index (κ1) is 16.7. The van der Waals surface area contributed by atoms with Gasteiger partial charge in [-0.2, -0.15) is 0 Å². The molecule has 0 unspecified atom stereocenters. The normalized spacial score (nSPS) is 8.06. The highest BCUT2D eigenvalue weighted by atomic mass is 16.2. The third kappa shape index (κ3) is 14.7. The summed E-state index contributed by atoms with van der Waals surface area (Å²) in [4.78, 5) is 0. The summed E-state index contributed by atoms with van der Waals surface area (Å²) < 4.78 is 0. The number of aliphatic hydroxyl groups excluding tert-OH is 1. The van der Waals surface area contributed by atoms with E-state index < -0.39 is 0 Å². The van der Waals surface area contributed by atoms with Gasteiger partial charge in [0.25, 0.3) is 0 Å². The van der Waals surface area contributed by atoms with Crippen LogP contribution in [0.25, 0.3) is 0 Å². The Bertz CT molecular complexity index is 109. The molecule has 0 saturated carbocycles. The zero-order valence-corrected chi connectivity index (χ0v) is 11.3. The zero-order valence-electron chi connectivity index (χ0n) is 11.3. The average Bonchev–Trinajstić information content (AvgIpc) is 2.31. The maximum absolute atomic E-state index is 8.63. The van der Waals surface area contributed by atoms with E-state index in [9.17, 15) is 0 Å². The van der Waals surface area contributed by atoms with Crippen molar-refractivity contribution in [1.82, 2.24) is 0 Å². The van der Waals surface area contributed by atoms with Crippen molar-refractivity contribution in [3.05, 3.63) is 0 Å². The SMILES string of the molecule is BBBBBBBBBBBBCCCO. The summed E-state index contributed by atoms with van der Waals surface area (Å²) in [5.74, 6) is 0. The first-order valence-electron chi connectivity index (χ1n) is 7.52. The molecule has 0 aromatic rings. The molecule has 1 nitrogen and oxygen atoms in total. The van der Waals surface area contributed by atoms with Crippen LogP contribution in [0.3, 0.4) is 0 Å². The van der Waals surface area contributed by atoms with E-state index in [0.717, 1.165) is 6.42 Å². The van der Waals surface area contributed by atoms with Crippen molar-refractivity contribution in [2.45, 2.75) is 12.7 Å². The fourth-order valence-electron chi connectivity index (χ4n) is 2.13. The van der Waals surface area contributed by atoms with Crippen molar-refractivity contribution >= 4 is 85.5 Å². The molecule has 0 aromatic heterocycles. The van der Waals surface area contributed by atoms with Gasteiger partial charge < -0.3 is 5.11 Å². The minimum absolute atomic E-state index is 0.373. The Morgan fingerprint density at radius 2 is 1.25 bits per heavy atom. The van der Waals surface area contributed by atoms with Crippen LogP contribution in [0.5, 0.6) is 0 Å². The lowest BCUT2D eigenvalue weighted by Gasteiger charge is -1.94. The predicted octanol–water partition coefficient (Wildman–Crippen LogP) is -7.71. The fourth-order valence-corrected chi connectivity index (χ4v) is 2.13. The quantitative estimate of drug-likeness (QED) is 0.232. The molecule has 0 radical (unpaired) electrons. The van der Waals surface area contributed by atoms with Crippen LogP contribution in [0.4, 0.5) is 0 Å². The molecule has 0 heterocycles. The molecule has 74 valence electrons.